The summed E-state index contributed by atoms with van der Waals surface area (Å²) in [5.74, 6) is -0.573. The molecule has 112 valence electrons. The minimum atomic E-state index is -0.321. The zero-order valence-electron chi connectivity index (χ0n) is 11.5. The number of benzene rings is 1. The number of hydrogen-bond acceptors (Lipinski definition) is 4. The van der Waals surface area contributed by atoms with Gasteiger partial charge in [0, 0.05) is 23.6 Å². The molecule has 1 aromatic rings. The summed E-state index contributed by atoms with van der Waals surface area (Å²) in [7, 11) is 0. The van der Waals surface area contributed by atoms with Gasteiger partial charge in [-0.05, 0) is 43.5 Å². The first-order chi connectivity index (χ1) is 10.1. The van der Waals surface area contributed by atoms with E-state index >= 15 is 0 Å². The van der Waals surface area contributed by atoms with Gasteiger partial charge in [0.2, 0.25) is 5.91 Å². The molecule has 2 N–H and O–H groups in total. The zero-order chi connectivity index (χ0) is 15.2. The van der Waals surface area contributed by atoms with Crippen molar-refractivity contribution in [2.75, 3.05) is 5.32 Å². The number of oxime groups is 1. The highest BCUT2D eigenvalue weighted by Gasteiger charge is 2.29. The highest BCUT2D eigenvalue weighted by Crippen LogP contribution is 2.25. The van der Waals surface area contributed by atoms with E-state index in [0.717, 1.165) is 6.42 Å². The van der Waals surface area contributed by atoms with Crippen molar-refractivity contribution in [2.45, 2.75) is 32.1 Å². The average Bonchev–Trinajstić information content (AvgIpc) is 2.96. The number of Topliss-reactive ketones (excluding diaryl/α,β-unsaturated/α-hetero) is 1. The first-order valence-electron chi connectivity index (χ1n) is 6.89. The fourth-order valence-electron chi connectivity index (χ4n) is 2.46. The second-order valence-corrected chi connectivity index (χ2v) is 5.49. The summed E-state index contributed by atoms with van der Waals surface area (Å²) < 4.78 is 0. The molecule has 21 heavy (non-hydrogen) atoms. The monoisotopic (exact) mass is 308 g/mol. The molecule has 1 aliphatic carbocycles. The predicted molar refractivity (Wildman–Crippen MR) is 80.9 cm³/mol. The summed E-state index contributed by atoms with van der Waals surface area (Å²) in [4.78, 5) is 23.8. The molecule has 0 unspecified atom stereocenters. The van der Waals surface area contributed by atoms with E-state index in [1.54, 1.807) is 24.3 Å². The first kappa shape index (κ1) is 15.5. The van der Waals surface area contributed by atoms with Crippen LogP contribution in [0.25, 0.3) is 0 Å². The molecule has 2 rings (SSSR count). The van der Waals surface area contributed by atoms with Crippen LogP contribution in [0.15, 0.2) is 29.4 Å². The van der Waals surface area contributed by atoms with Crippen LogP contribution < -0.4 is 5.32 Å². The van der Waals surface area contributed by atoms with Gasteiger partial charge in [-0.2, -0.15) is 0 Å². The Bertz CT molecular complexity index is 555. The molecule has 0 radical (unpaired) electrons. The molecule has 0 bridgehead atoms. The van der Waals surface area contributed by atoms with Gasteiger partial charge in [-0.3, -0.25) is 9.59 Å². The predicted octanol–water partition coefficient (Wildman–Crippen LogP) is 3.26. The maximum absolute atomic E-state index is 12.0. The minimum absolute atomic E-state index is 0.0356. The van der Waals surface area contributed by atoms with Crippen LogP contribution in [0.4, 0.5) is 5.69 Å². The smallest absolute Gasteiger partial charge is 0.224 e. The molecule has 6 heteroatoms. The molecule has 0 spiro atoms. The summed E-state index contributed by atoms with van der Waals surface area (Å²) >= 11 is 5.76. The Balaban J connectivity index is 1.81. The van der Waals surface area contributed by atoms with E-state index in [9.17, 15) is 9.59 Å². The Labute approximate surface area is 128 Å². The lowest BCUT2D eigenvalue weighted by Crippen LogP contribution is -2.21. The number of ketones is 1. The summed E-state index contributed by atoms with van der Waals surface area (Å²) in [6.07, 6.45) is 2.49. The highest BCUT2D eigenvalue weighted by atomic mass is 35.5. The van der Waals surface area contributed by atoms with Crippen molar-refractivity contribution in [1.82, 2.24) is 0 Å². The van der Waals surface area contributed by atoms with Crippen LogP contribution in [-0.2, 0) is 9.59 Å². The second kappa shape index (κ2) is 7.22. The maximum atomic E-state index is 12.0. The molecule has 1 aromatic carbocycles. The van der Waals surface area contributed by atoms with Crippen LogP contribution >= 0.6 is 11.6 Å². The van der Waals surface area contributed by atoms with Crippen LogP contribution in [-0.4, -0.2) is 22.6 Å². The number of rotatable bonds is 5. The Kier molecular flexibility index (Phi) is 5.33. The molecule has 1 aliphatic rings. The maximum Gasteiger partial charge on any atom is 0.224 e. The lowest BCUT2D eigenvalue weighted by molar-refractivity contribution is -0.124. The topological polar surface area (TPSA) is 78.8 Å². The van der Waals surface area contributed by atoms with E-state index in [0.29, 0.717) is 29.3 Å². The van der Waals surface area contributed by atoms with E-state index in [1.165, 1.54) is 0 Å². The third-order valence-electron chi connectivity index (χ3n) is 3.57. The van der Waals surface area contributed by atoms with Crippen molar-refractivity contribution in [2.24, 2.45) is 11.1 Å². The van der Waals surface area contributed by atoms with Crippen LogP contribution in [0.2, 0.25) is 5.02 Å². The van der Waals surface area contributed by atoms with Crippen molar-refractivity contribution < 1.29 is 14.8 Å². The molecule has 0 aromatic heterocycles. The van der Waals surface area contributed by atoms with Gasteiger partial charge in [0.05, 0.1) is 11.6 Å². The molecular weight excluding hydrogens is 292 g/mol. The van der Waals surface area contributed by atoms with Gasteiger partial charge < -0.3 is 10.5 Å². The van der Waals surface area contributed by atoms with Gasteiger partial charge in [0.25, 0.3) is 0 Å². The summed E-state index contributed by atoms with van der Waals surface area (Å²) in [6, 6.07) is 6.78. The second-order valence-electron chi connectivity index (χ2n) is 5.06. The zero-order valence-corrected chi connectivity index (χ0v) is 12.3. The number of halogens is 1. The number of hydrogen-bond donors (Lipinski definition) is 2. The lowest BCUT2D eigenvalue weighted by Gasteiger charge is -2.09. The van der Waals surface area contributed by atoms with Crippen molar-refractivity contribution in [3.8, 4) is 0 Å². The SMILES string of the molecule is O=C(CCC(=O)[C@H]1CCC/C1=N/O)Nc1ccc(Cl)cc1. The number of carbonyl (C=O) groups excluding carboxylic acids is 2. The molecular formula is C15H17ClN2O3. The molecule has 1 atom stereocenters. The van der Waals surface area contributed by atoms with E-state index in [4.69, 9.17) is 16.8 Å². The molecule has 0 saturated heterocycles. The number of amides is 1. The molecule has 0 heterocycles. The van der Waals surface area contributed by atoms with Crippen molar-refractivity contribution in [3.63, 3.8) is 0 Å². The lowest BCUT2D eigenvalue weighted by atomic mass is 9.97. The third-order valence-corrected chi connectivity index (χ3v) is 3.82. The Morgan fingerprint density at radius 3 is 2.67 bits per heavy atom. The third kappa shape index (κ3) is 4.29. The van der Waals surface area contributed by atoms with Gasteiger partial charge in [-0.25, -0.2) is 0 Å². The van der Waals surface area contributed by atoms with Gasteiger partial charge in [-0.1, -0.05) is 16.8 Å². The van der Waals surface area contributed by atoms with E-state index in [-0.39, 0.29) is 30.4 Å². The summed E-state index contributed by atoms with van der Waals surface area (Å²) in [6.45, 7) is 0. The summed E-state index contributed by atoms with van der Waals surface area (Å²) in [5, 5.41) is 15.3. The minimum Gasteiger partial charge on any atom is -0.411 e. The fraction of sp³-hybridized carbons (Fsp3) is 0.400. The first-order valence-corrected chi connectivity index (χ1v) is 7.27. The molecule has 1 saturated carbocycles. The highest BCUT2D eigenvalue weighted by molar-refractivity contribution is 6.30. The van der Waals surface area contributed by atoms with Gasteiger partial charge in [0.1, 0.15) is 5.78 Å². The quantitative estimate of drug-likeness (QED) is 0.647. The molecule has 0 aliphatic heterocycles. The fourth-order valence-corrected chi connectivity index (χ4v) is 2.59. The van der Waals surface area contributed by atoms with Crippen molar-refractivity contribution in [3.05, 3.63) is 29.3 Å². The number of anilines is 1. The van der Waals surface area contributed by atoms with Crippen molar-refractivity contribution >= 4 is 34.7 Å². The van der Waals surface area contributed by atoms with Gasteiger partial charge in [0.15, 0.2) is 0 Å². The molecule has 1 fully saturated rings. The van der Waals surface area contributed by atoms with Gasteiger partial charge >= 0.3 is 0 Å². The van der Waals surface area contributed by atoms with Crippen LogP contribution in [0.3, 0.4) is 0 Å². The molecule has 5 nitrogen and oxygen atoms in total. The largest absolute Gasteiger partial charge is 0.411 e. The van der Waals surface area contributed by atoms with Crippen LogP contribution in [0.5, 0.6) is 0 Å². The summed E-state index contributed by atoms with van der Waals surface area (Å²) in [5.41, 5.74) is 1.19. The molecule has 1 amide bonds. The standard InChI is InChI=1S/C15H17ClN2O3/c16-10-4-6-11(7-5-10)17-15(20)9-8-14(19)12-2-1-3-13(12)18-21/h4-7,12,21H,1-3,8-9H2,(H,17,20)/b18-13-/t12-/m0/s1. The van der Waals surface area contributed by atoms with Crippen LogP contribution in [0.1, 0.15) is 32.1 Å². The number of nitrogens with one attached hydrogen (secondary N) is 1. The average molecular weight is 309 g/mol. The Morgan fingerprint density at radius 1 is 1.29 bits per heavy atom. The van der Waals surface area contributed by atoms with Gasteiger partial charge in [-0.15, -0.1) is 0 Å². The van der Waals surface area contributed by atoms with E-state index < -0.39 is 0 Å². The Hall–Kier alpha value is -1.88. The van der Waals surface area contributed by atoms with E-state index in [2.05, 4.69) is 10.5 Å². The number of carbonyl (C=O) groups is 2. The number of nitrogens with zero attached hydrogens (tertiary/aromatic N) is 1. The van der Waals surface area contributed by atoms with Crippen LogP contribution in [0, 0.1) is 5.92 Å². The normalized spacial score (nSPS) is 19.7. The van der Waals surface area contributed by atoms with Crippen molar-refractivity contribution in [1.29, 1.82) is 0 Å². The Morgan fingerprint density at radius 2 is 2.00 bits per heavy atom. The van der Waals surface area contributed by atoms with E-state index in [1.807, 2.05) is 0 Å².